The zero-order valence-electron chi connectivity index (χ0n) is 10.9. The molecule has 0 aliphatic rings. The normalized spacial score (nSPS) is 10.9. The first-order chi connectivity index (χ1) is 9.38. The summed E-state index contributed by atoms with van der Waals surface area (Å²) in [6, 6.07) is 3.29. The number of nitrogens with zero attached hydrogens (tertiary/aromatic N) is 2. The van der Waals surface area contributed by atoms with E-state index >= 15 is 0 Å². The molecule has 0 amide bonds. The minimum absolute atomic E-state index is 0.0221. The van der Waals surface area contributed by atoms with Crippen LogP contribution in [0.5, 0.6) is 0 Å². The summed E-state index contributed by atoms with van der Waals surface area (Å²) in [4.78, 5) is 8.16. The summed E-state index contributed by atoms with van der Waals surface area (Å²) in [6.45, 7) is 3.74. The van der Waals surface area contributed by atoms with E-state index in [4.69, 9.17) is 5.73 Å². The van der Waals surface area contributed by atoms with Gasteiger partial charge in [-0.05, 0) is 12.1 Å². The molecule has 0 unspecified atom stereocenters. The fourth-order valence-corrected chi connectivity index (χ4v) is 1.57. The molecule has 1 heterocycles. The molecule has 106 valence electrons. The van der Waals surface area contributed by atoms with Gasteiger partial charge in [0.15, 0.2) is 17.5 Å². The molecule has 0 saturated carbocycles. The van der Waals surface area contributed by atoms with E-state index in [1.54, 1.807) is 0 Å². The van der Waals surface area contributed by atoms with Crippen molar-refractivity contribution >= 4 is 17.3 Å². The van der Waals surface area contributed by atoms with Crippen LogP contribution in [-0.2, 0) is 0 Å². The Morgan fingerprint density at radius 3 is 2.45 bits per heavy atom. The van der Waals surface area contributed by atoms with Crippen molar-refractivity contribution in [1.29, 1.82) is 0 Å². The molecular weight excluding hydrogens is 269 g/mol. The number of hydrogen-bond donors (Lipinski definition) is 2. The molecule has 0 spiro atoms. The number of hydrogen-bond acceptors (Lipinski definition) is 4. The van der Waals surface area contributed by atoms with Gasteiger partial charge in [0.2, 0.25) is 0 Å². The lowest BCUT2D eigenvalue weighted by atomic mass is 10.2. The monoisotopic (exact) mass is 282 g/mol. The van der Waals surface area contributed by atoms with E-state index in [2.05, 4.69) is 15.3 Å². The van der Waals surface area contributed by atoms with Crippen LogP contribution in [0.25, 0.3) is 0 Å². The van der Waals surface area contributed by atoms with Crippen LogP contribution in [0.3, 0.4) is 0 Å². The molecular formula is C13H13F3N4. The molecule has 3 N–H and O–H groups in total. The third-order valence-corrected chi connectivity index (χ3v) is 2.58. The number of benzene rings is 1. The van der Waals surface area contributed by atoms with E-state index in [0.29, 0.717) is 5.82 Å². The van der Waals surface area contributed by atoms with Gasteiger partial charge in [-0.1, -0.05) is 13.8 Å². The third-order valence-electron chi connectivity index (χ3n) is 2.58. The van der Waals surface area contributed by atoms with Gasteiger partial charge in [-0.25, -0.2) is 23.1 Å². The van der Waals surface area contributed by atoms with Gasteiger partial charge >= 0.3 is 0 Å². The fraction of sp³-hybridized carbons (Fsp3) is 0.231. The Kier molecular flexibility index (Phi) is 3.78. The van der Waals surface area contributed by atoms with Crippen molar-refractivity contribution in [1.82, 2.24) is 9.97 Å². The number of halogens is 3. The van der Waals surface area contributed by atoms with Gasteiger partial charge in [0.05, 0.1) is 5.69 Å². The van der Waals surface area contributed by atoms with Crippen LogP contribution in [0.15, 0.2) is 18.2 Å². The highest BCUT2D eigenvalue weighted by molar-refractivity contribution is 5.59. The predicted octanol–water partition coefficient (Wildman–Crippen LogP) is 3.34. The summed E-state index contributed by atoms with van der Waals surface area (Å²) in [6.07, 6.45) is 0. The average molecular weight is 282 g/mol. The van der Waals surface area contributed by atoms with Gasteiger partial charge < -0.3 is 11.1 Å². The largest absolute Gasteiger partial charge is 0.384 e. The first-order valence-corrected chi connectivity index (χ1v) is 5.93. The summed E-state index contributed by atoms with van der Waals surface area (Å²) in [7, 11) is 0. The number of anilines is 3. The topological polar surface area (TPSA) is 63.8 Å². The van der Waals surface area contributed by atoms with Crippen molar-refractivity contribution in [2.45, 2.75) is 19.8 Å². The molecule has 7 heteroatoms. The Morgan fingerprint density at radius 2 is 1.80 bits per heavy atom. The fourth-order valence-electron chi connectivity index (χ4n) is 1.57. The van der Waals surface area contributed by atoms with E-state index in [9.17, 15) is 13.2 Å². The number of rotatable bonds is 3. The van der Waals surface area contributed by atoms with Crippen molar-refractivity contribution < 1.29 is 13.2 Å². The molecule has 0 atom stereocenters. The van der Waals surface area contributed by atoms with Crippen LogP contribution in [-0.4, -0.2) is 9.97 Å². The van der Waals surface area contributed by atoms with Crippen LogP contribution in [0, 0.1) is 17.5 Å². The maximum Gasteiger partial charge on any atom is 0.196 e. The van der Waals surface area contributed by atoms with Crippen molar-refractivity contribution in [3.8, 4) is 0 Å². The summed E-state index contributed by atoms with van der Waals surface area (Å²) < 4.78 is 39.5. The molecule has 2 rings (SSSR count). The lowest BCUT2D eigenvalue weighted by molar-refractivity contribution is 0.449. The van der Waals surface area contributed by atoms with E-state index < -0.39 is 17.5 Å². The van der Waals surface area contributed by atoms with Crippen molar-refractivity contribution in [2.75, 3.05) is 11.1 Å². The van der Waals surface area contributed by atoms with Crippen LogP contribution in [0.1, 0.15) is 25.6 Å². The highest BCUT2D eigenvalue weighted by Crippen LogP contribution is 2.24. The zero-order valence-corrected chi connectivity index (χ0v) is 10.9. The highest BCUT2D eigenvalue weighted by atomic mass is 19.2. The predicted molar refractivity (Wildman–Crippen MR) is 70.1 cm³/mol. The van der Waals surface area contributed by atoms with Crippen molar-refractivity contribution in [3.05, 3.63) is 41.5 Å². The lowest BCUT2D eigenvalue weighted by Gasteiger charge is -2.11. The third kappa shape index (κ3) is 2.81. The first-order valence-electron chi connectivity index (χ1n) is 5.93. The second-order valence-electron chi connectivity index (χ2n) is 4.54. The Balaban J connectivity index is 2.37. The number of nitrogen functional groups attached to an aromatic ring is 1. The number of nitrogens with two attached hydrogens (primary N) is 1. The number of aromatic nitrogens is 2. The summed E-state index contributed by atoms with van der Waals surface area (Å²) >= 11 is 0. The van der Waals surface area contributed by atoms with E-state index in [1.807, 2.05) is 13.8 Å². The van der Waals surface area contributed by atoms with Gasteiger partial charge in [0, 0.05) is 12.0 Å². The summed E-state index contributed by atoms with van der Waals surface area (Å²) in [5.74, 6) is -3.20. The molecule has 1 aromatic heterocycles. The Morgan fingerprint density at radius 1 is 1.10 bits per heavy atom. The van der Waals surface area contributed by atoms with Crippen LogP contribution in [0.2, 0.25) is 0 Å². The Labute approximate surface area is 113 Å². The van der Waals surface area contributed by atoms with Crippen LogP contribution >= 0.6 is 0 Å². The first kappa shape index (κ1) is 14.1. The number of nitrogens with one attached hydrogen (secondary N) is 1. The summed E-state index contributed by atoms with van der Waals surface area (Å²) in [5, 5.41) is 2.56. The average Bonchev–Trinajstić information content (AvgIpc) is 2.39. The Hall–Kier alpha value is -2.31. The second kappa shape index (κ2) is 5.36. The molecule has 2 aromatic rings. The maximum atomic E-state index is 13.6. The van der Waals surface area contributed by atoms with E-state index in [-0.39, 0.29) is 23.2 Å². The quantitative estimate of drug-likeness (QED) is 0.847. The van der Waals surface area contributed by atoms with Crippen molar-refractivity contribution in [3.63, 3.8) is 0 Å². The van der Waals surface area contributed by atoms with Gasteiger partial charge in [0.1, 0.15) is 17.5 Å². The lowest BCUT2D eigenvalue weighted by Crippen LogP contribution is -2.06. The maximum absolute atomic E-state index is 13.6. The van der Waals surface area contributed by atoms with E-state index in [1.165, 1.54) is 6.07 Å². The zero-order chi connectivity index (χ0) is 14.9. The molecule has 0 bridgehead atoms. The minimum atomic E-state index is -1.54. The van der Waals surface area contributed by atoms with Gasteiger partial charge in [0.25, 0.3) is 0 Å². The van der Waals surface area contributed by atoms with Gasteiger partial charge in [-0.15, -0.1) is 0 Å². The highest BCUT2D eigenvalue weighted by Gasteiger charge is 2.14. The van der Waals surface area contributed by atoms with Crippen molar-refractivity contribution in [2.24, 2.45) is 0 Å². The smallest absolute Gasteiger partial charge is 0.196 e. The van der Waals surface area contributed by atoms with Crippen LogP contribution in [0.4, 0.5) is 30.5 Å². The minimum Gasteiger partial charge on any atom is -0.384 e. The molecule has 4 nitrogen and oxygen atoms in total. The molecule has 0 saturated heterocycles. The molecule has 0 aliphatic heterocycles. The molecule has 1 aromatic carbocycles. The Bertz CT molecular complexity index is 644. The van der Waals surface area contributed by atoms with Crippen LogP contribution < -0.4 is 11.1 Å². The second-order valence-corrected chi connectivity index (χ2v) is 4.54. The molecule has 0 aliphatic carbocycles. The SMILES string of the molecule is CC(C)c1nc(N)cc(Nc2ccc(F)c(F)c2F)n1. The van der Waals surface area contributed by atoms with E-state index in [0.717, 1.165) is 12.1 Å². The summed E-state index contributed by atoms with van der Waals surface area (Å²) in [5.41, 5.74) is 5.40. The molecule has 0 fully saturated rings. The standard InChI is InChI=1S/C13H13F3N4/c1-6(2)13-19-9(17)5-10(20-13)18-8-4-3-7(14)11(15)12(8)16/h3-6H,1-2H3,(H3,17,18,19,20). The van der Waals surface area contributed by atoms with Gasteiger partial charge in [-0.3, -0.25) is 0 Å². The van der Waals surface area contributed by atoms with Gasteiger partial charge in [-0.2, -0.15) is 0 Å². The molecule has 20 heavy (non-hydrogen) atoms. The molecule has 0 radical (unpaired) electrons.